The number of β-amino-alcohol motifs (C(OH)–C–C–N with tert-alkyl or cyclic N) is 1. The number of hydrogen-bond acceptors (Lipinski definition) is 4. The zero-order valence-corrected chi connectivity index (χ0v) is 17.4. The molecule has 0 bridgehead atoms. The molecule has 2 aliphatic rings. The molecule has 154 valence electrons. The Balaban J connectivity index is 0.00000182. The van der Waals surface area contributed by atoms with Crippen LogP contribution in [0.5, 0.6) is 0 Å². The third-order valence-corrected chi connectivity index (χ3v) is 5.33. The fourth-order valence-corrected chi connectivity index (χ4v) is 3.43. The molecule has 0 radical (unpaired) electrons. The molecule has 3 N–H and O–H groups in total. The molecule has 1 aromatic rings. The number of amides is 1. The van der Waals surface area contributed by atoms with Gasteiger partial charge in [-0.3, -0.25) is 4.79 Å². The number of carbonyl (C=O) groups is 1. The number of likely N-dealkylation sites (tertiary alicyclic amines) is 1. The zero-order valence-electron chi connectivity index (χ0n) is 15.8. The second-order valence-corrected chi connectivity index (χ2v) is 7.55. The monoisotopic (exact) mass is 417 g/mol. The van der Waals surface area contributed by atoms with Crippen molar-refractivity contribution in [3.05, 3.63) is 35.9 Å². The molecule has 1 aliphatic heterocycles. The van der Waals surface area contributed by atoms with Gasteiger partial charge in [0.25, 0.3) is 0 Å². The van der Waals surface area contributed by atoms with Crippen LogP contribution >= 0.6 is 24.8 Å². The number of benzene rings is 1. The van der Waals surface area contributed by atoms with Crippen LogP contribution in [0.15, 0.2) is 30.3 Å². The summed E-state index contributed by atoms with van der Waals surface area (Å²) in [6.07, 6.45) is 4.36. The van der Waals surface area contributed by atoms with Gasteiger partial charge in [-0.1, -0.05) is 30.3 Å². The predicted molar refractivity (Wildman–Crippen MR) is 114 cm³/mol. The first kappa shape index (κ1) is 24.2. The van der Waals surface area contributed by atoms with Crippen LogP contribution < -0.4 is 10.6 Å². The fourth-order valence-electron chi connectivity index (χ4n) is 3.43. The van der Waals surface area contributed by atoms with Crippen LogP contribution in [-0.4, -0.2) is 55.2 Å². The summed E-state index contributed by atoms with van der Waals surface area (Å²) >= 11 is 0. The van der Waals surface area contributed by atoms with Crippen LogP contribution in [0.2, 0.25) is 0 Å². The van der Waals surface area contributed by atoms with E-state index in [0.29, 0.717) is 19.0 Å². The Morgan fingerprint density at radius 1 is 1.04 bits per heavy atom. The van der Waals surface area contributed by atoms with Crippen LogP contribution in [0.4, 0.5) is 0 Å². The smallest absolute Gasteiger partial charge is 0.233 e. The van der Waals surface area contributed by atoms with Gasteiger partial charge in [0.2, 0.25) is 5.91 Å². The highest BCUT2D eigenvalue weighted by Crippen LogP contribution is 2.27. The summed E-state index contributed by atoms with van der Waals surface area (Å²) in [7, 11) is 0. The molecule has 1 saturated carbocycles. The molecular formula is C20H33Cl2N3O2. The van der Waals surface area contributed by atoms with Gasteiger partial charge in [-0.05, 0) is 62.7 Å². The van der Waals surface area contributed by atoms with Gasteiger partial charge < -0.3 is 20.6 Å². The van der Waals surface area contributed by atoms with Crippen molar-refractivity contribution in [2.24, 2.45) is 11.8 Å². The number of carbonyl (C=O) groups excluding carboxylic acids is 1. The Morgan fingerprint density at radius 3 is 2.30 bits per heavy atom. The molecule has 0 spiro atoms. The van der Waals surface area contributed by atoms with Gasteiger partial charge in [0.05, 0.1) is 12.6 Å². The molecule has 1 amide bonds. The van der Waals surface area contributed by atoms with Crippen molar-refractivity contribution in [1.82, 2.24) is 15.5 Å². The molecule has 27 heavy (non-hydrogen) atoms. The second-order valence-electron chi connectivity index (χ2n) is 7.55. The van der Waals surface area contributed by atoms with Gasteiger partial charge >= 0.3 is 0 Å². The molecule has 1 aliphatic carbocycles. The highest BCUT2D eigenvalue weighted by Gasteiger charge is 2.22. The molecule has 0 aromatic heterocycles. The Labute approximate surface area is 175 Å². The van der Waals surface area contributed by atoms with Crippen LogP contribution in [0, 0.1) is 11.8 Å². The molecule has 1 atom stereocenters. The lowest BCUT2D eigenvalue weighted by Crippen LogP contribution is -2.42. The Kier molecular flexibility index (Phi) is 11.3. The van der Waals surface area contributed by atoms with Crippen molar-refractivity contribution < 1.29 is 9.90 Å². The van der Waals surface area contributed by atoms with Gasteiger partial charge in [-0.2, -0.15) is 0 Å². The van der Waals surface area contributed by atoms with E-state index in [-0.39, 0.29) is 30.7 Å². The SMILES string of the molecule is Cl.Cl.O=C(CNCC1CC1)NCC1CCN(CC(O)c2ccccc2)CC1. The lowest BCUT2D eigenvalue weighted by molar-refractivity contribution is -0.120. The van der Waals surface area contributed by atoms with E-state index in [1.54, 1.807) is 0 Å². The molecule has 1 saturated heterocycles. The number of nitrogens with one attached hydrogen (secondary N) is 2. The molecule has 7 heteroatoms. The average molecular weight is 418 g/mol. The fraction of sp³-hybridized carbons (Fsp3) is 0.650. The van der Waals surface area contributed by atoms with Crippen molar-refractivity contribution in [3.63, 3.8) is 0 Å². The lowest BCUT2D eigenvalue weighted by Gasteiger charge is -2.33. The molecule has 3 rings (SSSR count). The van der Waals surface area contributed by atoms with E-state index in [2.05, 4.69) is 15.5 Å². The molecule has 5 nitrogen and oxygen atoms in total. The van der Waals surface area contributed by atoms with Crippen molar-refractivity contribution in [3.8, 4) is 0 Å². The summed E-state index contributed by atoms with van der Waals surface area (Å²) in [4.78, 5) is 14.2. The molecule has 1 heterocycles. The molecule has 2 fully saturated rings. The standard InChI is InChI=1S/C20H31N3O2.2ClH/c24-19(18-4-2-1-3-5-18)15-23-10-8-17(9-11-23)13-22-20(25)14-21-12-16-6-7-16;;/h1-5,16-17,19,21,24H,6-15H2,(H,22,25);2*1H. The third kappa shape index (κ3) is 8.79. The Morgan fingerprint density at radius 2 is 1.67 bits per heavy atom. The number of aliphatic hydroxyl groups is 1. The Bertz CT molecular complexity index is 535. The van der Waals surface area contributed by atoms with E-state index in [9.17, 15) is 9.90 Å². The normalized spacial score (nSPS) is 18.9. The number of aliphatic hydroxyl groups excluding tert-OH is 1. The summed E-state index contributed by atoms with van der Waals surface area (Å²) in [6, 6.07) is 9.85. The van der Waals surface area contributed by atoms with E-state index in [1.165, 1.54) is 12.8 Å². The number of hydrogen-bond donors (Lipinski definition) is 3. The number of nitrogens with zero attached hydrogens (tertiary/aromatic N) is 1. The van der Waals surface area contributed by atoms with Gasteiger partial charge in [-0.25, -0.2) is 0 Å². The highest BCUT2D eigenvalue weighted by molar-refractivity contribution is 5.85. The first-order valence-electron chi connectivity index (χ1n) is 9.63. The van der Waals surface area contributed by atoms with Crippen LogP contribution in [0.3, 0.4) is 0 Å². The van der Waals surface area contributed by atoms with Crippen LogP contribution in [0.25, 0.3) is 0 Å². The highest BCUT2D eigenvalue weighted by atomic mass is 35.5. The Hall–Kier alpha value is -0.850. The van der Waals surface area contributed by atoms with E-state index in [0.717, 1.165) is 50.5 Å². The quantitative estimate of drug-likeness (QED) is 0.576. The average Bonchev–Trinajstić information content (AvgIpc) is 3.46. The second kappa shape index (κ2) is 12.6. The summed E-state index contributed by atoms with van der Waals surface area (Å²) in [5.41, 5.74) is 0.982. The van der Waals surface area contributed by atoms with Crippen molar-refractivity contribution in [2.75, 3.05) is 39.3 Å². The number of halogens is 2. The summed E-state index contributed by atoms with van der Waals surface area (Å²) in [6.45, 7) is 4.87. The minimum absolute atomic E-state index is 0. The van der Waals surface area contributed by atoms with Gasteiger partial charge in [-0.15, -0.1) is 24.8 Å². The first-order valence-corrected chi connectivity index (χ1v) is 9.63. The summed E-state index contributed by atoms with van der Waals surface area (Å²) in [5.74, 6) is 1.48. The summed E-state index contributed by atoms with van der Waals surface area (Å²) in [5, 5.41) is 16.6. The van der Waals surface area contributed by atoms with E-state index in [4.69, 9.17) is 0 Å². The van der Waals surface area contributed by atoms with Gasteiger partial charge in [0.15, 0.2) is 0 Å². The summed E-state index contributed by atoms with van der Waals surface area (Å²) < 4.78 is 0. The van der Waals surface area contributed by atoms with E-state index in [1.807, 2.05) is 30.3 Å². The maximum atomic E-state index is 11.8. The van der Waals surface area contributed by atoms with E-state index < -0.39 is 6.10 Å². The minimum Gasteiger partial charge on any atom is -0.387 e. The minimum atomic E-state index is -0.421. The third-order valence-electron chi connectivity index (χ3n) is 5.33. The topological polar surface area (TPSA) is 64.6 Å². The van der Waals surface area contributed by atoms with Crippen molar-refractivity contribution in [1.29, 1.82) is 0 Å². The first-order chi connectivity index (χ1) is 12.2. The number of rotatable bonds is 9. The maximum Gasteiger partial charge on any atom is 0.233 e. The van der Waals surface area contributed by atoms with E-state index >= 15 is 0 Å². The predicted octanol–water partition coefficient (Wildman–Crippen LogP) is 2.39. The molecular weight excluding hydrogens is 385 g/mol. The number of piperidine rings is 1. The van der Waals surface area contributed by atoms with Crippen LogP contribution in [-0.2, 0) is 4.79 Å². The van der Waals surface area contributed by atoms with Crippen molar-refractivity contribution in [2.45, 2.75) is 31.8 Å². The lowest BCUT2D eigenvalue weighted by atomic mass is 9.96. The zero-order chi connectivity index (χ0) is 17.5. The molecule has 1 unspecified atom stereocenters. The van der Waals surface area contributed by atoms with Crippen molar-refractivity contribution >= 4 is 30.7 Å². The molecule has 1 aromatic carbocycles. The van der Waals surface area contributed by atoms with Gasteiger partial charge in [0.1, 0.15) is 0 Å². The van der Waals surface area contributed by atoms with Gasteiger partial charge in [0, 0.05) is 13.1 Å². The maximum absolute atomic E-state index is 11.8. The largest absolute Gasteiger partial charge is 0.387 e. The van der Waals surface area contributed by atoms with Crippen LogP contribution in [0.1, 0.15) is 37.4 Å².